The number of ether oxygens (including phenoxy) is 1. The van der Waals surface area contributed by atoms with Crippen LogP contribution in [-0.4, -0.2) is 23.1 Å². The van der Waals surface area contributed by atoms with Gasteiger partial charge in [0.15, 0.2) is 0 Å². The van der Waals surface area contributed by atoms with E-state index < -0.39 is 0 Å². The number of benzene rings is 1. The summed E-state index contributed by atoms with van der Waals surface area (Å²) >= 11 is 0. The highest BCUT2D eigenvalue weighted by Gasteiger charge is 2.25. The Morgan fingerprint density at radius 2 is 2.09 bits per heavy atom. The second-order valence-corrected chi connectivity index (χ2v) is 5.58. The van der Waals surface area contributed by atoms with Crippen LogP contribution in [0.25, 0.3) is 10.9 Å². The number of H-pyrrole nitrogens is 1. The van der Waals surface area contributed by atoms with Crippen LogP contribution in [0.2, 0.25) is 0 Å². The molecular formula is C18H19N3O. The number of hydrogen-bond acceptors (Lipinski definition) is 3. The summed E-state index contributed by atoms with van der Waals surface area (Å²) in [6.07, 6.45) is 4.73. The van der Waals surface area contributed by atoms with Crippen molar-refractivity contribution < 1.29 is 4.74 Å². The first-order valence-electron chi connectivity index (χ1n) is 7.77. The lowest BCUT2D eigenvalue weighted by Crippen LogP contribution is -2.30. The van der Waals surface area contributed by atoms with Crippen LogP contribution in [-0.2, 0) is 6.42 Å². The molecule has 4 rings (SSSR count). The Bertz CT molecular complexity index is 795. The van der Waals surface area contributed by atoms with Crippen molar-refractivity contribution in [2.45, 2.75) is 19.4 Å². The van der Waals surface area contributed by atoms with E-state index in [9.17, 15) is 0 Å². The number of aromatic amines is 1. The van der Waals surface area contributed by atoms with Gasteiger partial charge in [0.1, 0.15) is 5.75 Å². The van der Waals surface area contributed by atoms with E-state index in [0.29, 0.717) is 6.61 Å². The molecule has 1 aliphatic rings. The molecule has 4 nitrogen and oxygen atoms in total. The highest BCUT2D eigenvalue weighted by molar-refractivity contribution is 5.86. The molecular weight excluding hydrogens is 274 g/mol. The van der Waals surface area contributed by atoms with Gasteiger partial charge in [-0.15, -0.1) is 0 Å². The van der Waals surface area contributed by atoms with Crippen molar-refractivity contribution in [1.82, 2.24) is 15.3 Å². The molecule has 22 heavy (non-hydrogen) atoms. The van der Waals surface area contributed by atoms with Crippen LogP contribution in [0.3, 0.4) is 0 Å². The molecule has 0 radical (unpaired) electrons. The lowest BCUT2D eigenvalue weighted by atomic mass is 9.95. The third-order valence-electron chi connectivity index (χ3n) is 4.27. The van der Waals surface area contributed by atoms with Crippen LogP contribution >= 0.6 is 0 Å². The third-order valence-corrected chi connectivity index (χ3v) is 4.27. The highest BCUT2D eigenvalue weighted by Crippen LogP contribution is 2.34. The maximum atomic E-state index is 5.65. The predicted octanol–water partition coefficient (Wildman–Crippen LogP) is 3.20. The number of nitrogens with one attached hydrogen (secondary N) is 2. The third kappa shape index (κ3) is 2.16. The van der Waals surface area contributed by atoms with E-state index in [1.165, 1.54) is 27.7 Å². The summed E-state index contributed by atoms with van der Waals surface area (Å²) < 4.78 is 5.65. The lowest BCUT2D eigenvalue weighted by molar-refractivity contribution is 0.340. The van der Waals surface area contributed by atoms with Gasteiger partial charge in [0.2, 0.25) is 0 Å². The van der Waals surface area contributed by atoms with Crippen molar-refractivity contribution in [3.05, 3.63) is 59.5 Å². The second-order valence-electron chi connectivity index (χ2n) is 5.58. The van der Waals surface area contributed by atoms with E-state index in [0.717, 1.165) is 18.7 Å². The van der Waals surface area contributed by atoms with Crippen molar-refractivity contribution >= 4 is 10.9 Å². The van der Waals surface area contributed by atoms with E-state index in [2.05, 4.69) is 39.6 Å². The van der Waals surface area contributed by atoms with Crippen LogP contribution in [0.5, 0.6) is 5.75 Å². The monoisotopic (exact) mass is 293 g/mol. The van der Waals surface area contributed by atoms with Crippen molar-refractivity contribution in [1.29, 1.82) is 0 Å². The topological polar surface area (TPSA) is 49.9 Å². The molecule has 3 heterocycles. The van der Waals surface area contributed by atoms with Gasteiger partial charge in [0.25, 0.3) is 0 Å². The number of fused-ring (bicyclic) bond motifs is 3. The van der Waals surface area contributed by atoms with Gasteiger partial charge >= 0.3 is 0 Å². The maximum absolute atomic E-state index is 5.65. The van der Waals surface area contributed by atoms with E-state index in [1.54, 1.807) is 0 Å². The zero-order valence-corrected chi connectivity index (χ0v) is 12.6. The summed E-state index contributed by atoms with van der Waals surface area (Å²) in [5.41, 5.74) is 5.09. The summed E-state index contributed by atoms with van der Waals surface area (Å²) in [5.74, 6) is 0.941. The number of pyridine rings is 1. The van der Waals surface area contributed by atoms with E-state index in [-0.39, 0.29) is 6.04 Å². The number of aromatic nitrogens is 2. The van der Waals surface area contributed by atoms with Crippen LogP contribution < -0.4 is 10.1 Å². The van der Waals surface area contributed by atoms with Gasteiger partial charge in [-0.3, -0.25) is 4.98 Å². The molecule has 0 bridgehead atoms. The molecule has 2 aromatic heterocycles. The lowest BCUT2D eigenvalue weighted by Gasteiger charge is -2.24. The molecule has 1 atom stereocenters. The first-order chi connectivity index (χ1) is 10.9. The quantitative estimate of drug-likeness (QED) is 0.779. The molecule has 0 spiro atoms. The number of hydrogen-bond donors (Lipinski definition) is 2. The minimum Gasteiger partial charge on any atom is -0.494 e. The summed E-state index contributed by atoms with van der Waals surface area (Å²) in [7, 11) is 0. The van der Waals surface area contributed by atoms with Gasteiger partial charge in [-0.2, -0.15) is 0 Å². The van der Waals surface area contributed by atoms with E-state index in [1.807, 2.05) is 25.4 Å². The molecule has 3 aromatic rings. The largest absolute Gasteiger partial charge is 0.494 e. The van der Waals surface area contributed by atoms with Crippen LogP contribution in [0.4, 0.5) is 0 Å². The summed E-state index contributed by atoms with van der Waals surface area (Å²) in [6.45, 7) is 3.69. The van der Waals surface area contributed by atoms with Crippen molar-refractivity contribution in [2.24, 2.45) is 0 Å². The Morgan fingerprint density at radius 1 is 1.23 bits per heavy atom. The smallest absolute Gasteiger partial charge is 0.120 e. The number of nitrogens with zero attached hydrogens (tertiary/aromatic N) is 1. The van der Waals surface area contributed by atoms with Gasteiger partial charge in [0.05, 0.1) is 12.6 Å². The minimum atomic E-state index is 0.203. The molecule has 1 aromatic carbocycles. The SMILES string of the molecule is CCOc1ccc2[nH]c3c(c2c1)CCNC3c1ccncc1. The van der Waals surface area contributed by atoms with Crippen molar-refractivity contribution in [2.75, 3.05) is 13.2 Å². The second kappa shape index (κ2) is 5.46. The summed E-state index contributed by atoms with van der Waals surface area (Å²) in [6, 6.07) is 10.6. The molecule has 1 aliphatic heterocycles. The molecule has 0 amide bonds. The standard InChI is InChI=1S/C18H19N3O/c1-2-22-13-3-4-16-15(11-13)14-7-10-20-17(18(14)21-16)12-5-8-19-9-6-12/h3-6,8-9,11,17,20-21H,2,7,10H2,1H3. The Labute approximate surface area is 129 Å². The van der Waals surface area contributed by atoms with Gasteiger partial charge in [0, 0.05) is 35.5 Å². The molecule has 0 aliphatic carbocycles. The summed E-state index contributed by atoms with van der Waals surface area (Å²) in [5, 5.41) is 4.88. The zero-order valence-electron chi connectivity index (χ0n) is 12.6. The molecule has 1 unspecified atom stereocenters. The van der Waals surface area contributed by atoms with E-state index >= 15 is 0 Å². The summed E-state index contributed by atoms with van der Waals surface area (Å²) in [4.78, 5) is 7.71. The van der Waals surface area contributed by atoms with Gasteiger partial charge in [-0.05, 0) is 54.8 Å². The fourth-order valence-electron chi connectivity index (χ4n) is 3.30. The van der Waals surface area contributed by atoms with Crippen LogP contribution in [0, 0.1) is 0 Å². The number of rotatable bonds is 3. The fourth-order valence-corrected chi connectivity index (χ4v) is 3.30. The Kier molecular flexibility index (Phi) is 3.31. The molecule has 112 valence electrons. The highest BCUT2D eigenvalue weighted by atomic mass is 16.5. The average molecular weight is 293 g/mol. The average Bonchev–Trinajstić information content (AvgIpc) is 2.94. The van der Waals surface area contributed by atoms with Gasteiger partial charge in [-0.1, -0.05) is 0 Å². The van der Waals surface area contributed by atoms with Crippen molar-refractivity contribution in [3.8, 4) is 5.75 Å². The van der Waals surface area contributed by atoms with Gasteiger partial charge < -0.3 is 15.0 Å². The first kappa shape index (κ1) is 13.3. The molecule has 0 saturated carbocycles. The first-order valence-corrected chi connectivity index (χ1v) is 7.77. The zero-order chi connectivity index (χ0) is 14.9. The van der Waals surface area contributed by atoms with E-state index in [4.69, 9.17) is 4.74 Å². The van der Waals surface area contributed by atoms with Crippen LogP contribution in [0.1, 0.15) is 29.8 Å². The molecule has 2 N–H and O–H groups in total. The van der Waals surface area contributed by atoms with Gasteiger partial charge in [-0.25, -0.2) is 0 Å². The maximum Gasteiger partial charge on any atom is 0.120 e. The van der Waals surface area contributed by atoms with Crippen LogP contribution in [0.15, 0.2) is 42.7 Å². The predicted molar refractivity (Wildman–Crippen MR) is 87.3 cm³/mol. The Hall–Kier alpha value is -2.33. The molecule has 0 saturated heterocycles. The minimum absolute atomic E-state index is 0.203. The molecule has 4 heteroatoms. The normalized spacial score (nSPS) is 17.4. The fraction of sp³-hybridized carbons (Fsp3) is 0.278. The molecule has 0 fully saturated rings. The van der Waals surface area contributed by atoms with Crippen molar-refractivity contribution in [3.63, 3.8) is 0 Å². The Morgan fingerprint density at radius 3 is 2.91 bits per heavy atom. The Balaban J connectivity index is 1.83.